The van der Waals surface area contributed by atoms with E-state index in [2.05, 4.69) is 4.90 Å². The fourth-order valence-electron chi connectivity index (χ4n) is 4.47. The molecule has 1 saturated carbocycles. The van der Waals surface area contributed by atoms with E-state index in [4.69, 9.17) is 14.6 Å². The summed E-state index contributed by atoms with van der Waals surface area (Å²) in [5.74, 6) is 1.56. The number of carbonyl (C=O) groups excluding carboxylic acids is 1. The van der Waals surface area contributed by atoms with Gasteiger partial charge in [0, 0.05) is 40.8 Å². The normalized spacial score (nSPS) is 13.8. The predicted molar refractivity (Wildman–Crippen MR) is 134 cm³/mol. The number of aromatic nitrogens is 1. The SMILES string of the molecule is COc1ccc(OC)c(CN(CC(=O)c2cc(C)n(-c3ccc(S(N)(=O)=O)cc3)c2C)C2CC2)c1. The van der Waals surface area contributed by atoms with Crippen LogP contribution < -0.4 is 14.6 Å². The molecule has 2 N–H and O–H groups in total. The first kappa shape index (κ1) is 25.0. The van der Waals surface area contributed by atoms with Gasteiger partial charge in [0.15, 0.2) is 5.78 Å². The third-order valence-electron chi connectivity index (χ3n) is 6.43. The molecule has 0 amide bonds. The summed E-state index contributed by atoms with van der Waals surface area (Å²) < 4.78 is 36.0. The standard InChI is InChI=1S/C26H31N3O5S/c1-17-13-24(18(2)29(17)21-7-10-23(11-8-21)35(27,31)32)25(30)16-28(20-5-6-20)15-19-14-22(33-3)9-12-26(19)34-4/h7-14,20H,5-6,15-16H2,1-4H3,(H2,27,31,32). The number of primary sulfonamides is 1. The van der Waals surface area contributed by atoms with Crippen LogP contribution in [0.25, 0.3) is 5.69 Å². The third kappa shape index (κ3) is 5.42. The Morgan fingerprint density at radius 3 is 2.31 bits per heavy atom. The molecule has 186 valence electrons. The molecule has 1 aromatic heterocycles. The van der Waals surface area contributed by atoms with E-state index in [0.717, 1.165) is 47.0 Å². The highest BCUT2D eigenvalue weighted by Crippen LogP contribution is 2.32. The van der Waals surface area contributed by atoms with Gasteiger partial charge >= 0.3 is 0 Å². The van der Waals surface area contributed by atoms with Gasteiger partial charge in [0.2, 0.25) is 10.0 Å². The lowest BCUT2D eigenvalue weighted by Crippen LogP contribution is -2.32. The summed E-state index contributed by atoms with van der Waals surface area (Å²) in [6, 6.07) is 14.3. The van der Waals surface area contributed by atoms with E-state index in [0.29, 0.717) is 24.7 Å². The van der Waals surface area contributed by atoms with Crippen molar-refractivity contribution in [3.63, 3.8) is 0 Å². The van der Waals surface area contributed by atoms with Crippen LogP contribution in [0.2, 0.25) is 0 Å². The summed E-state index contributed by atoms with van der Waals surface area (Å²) in [6.07, 6.45) is 2.13. The number of hydrogen-bond donors (Lipinski definition) is 1. The van der Waals surface area contributed by atoms with Crippen molar-refractivity contribution in [2.45, 2.75) is 44.2 Å². The van der Waals surface area contributed by atoms with Crippen molar-refractivity contribution < 1.29 is 22.7 Å². The Morgan fingerprint density at radius 1 is 1.06 bits per heavy atom. The van der Waals surface area contributed by atoms with Gasteiger partial charge < -0.3 is 14.0 Å². The van der Waals surface area contributed by atoms with E-state index in [1.54, 1.807) is 26.4 Å². The zero-order valence-electron chi connectivity index (χ0n) is 20.4. The third-order valence-corrected chi connectivity index (χ3v) is 7.36. The number of sulfonamides is 1. The summed E-state index contributed by atoms with van der Waals surface area (Å²) in [6.45, 7) is 4.71. The minimum Gasteiger partial charge on any atom is -0.497 e. The molecule has 3 aromatic rings. The fraction of sp³-hybridized carbons (Fsp3) is 0.346. The highest BCUT2D eigenvalue weighted by atomic mass is 32.2. The highest BCUT2D eigenvalue weighted by molar-refractivity contribution is 7.89. The van der Waals surface area contributed by atoms with Gasteiger partial charge in [-0.3, -0.25) is 9.69 Å². The first-order valence-corrected chi connectivity index (χ1v) is 13.0. The zero-order valence-corrected chi connectivity index (χ0v) is 21.3. The number of benzene rings is 2. The Kier molecular flexibility index (Phi) is 7.02. The van der Waals surface area contributed by atoms with Crippen LogP contribution in [0.15, 0.2) is 53.4 Å². The molecule has 35 heavy (non-hydrogen) atoms. The maximum absolute atomic E-state index is 13.5. The molecule has 0 saturated heterocycles. The molecule has 0 bridgehead atoms. The first-order chi connectivity index (χ1) is 16.6. The Bertz CT molecular complexity index is 1340. The van der Waals surface area contributed by atoms with E-state index < -0.39 is 10.0 Å². The van der Waals surface area contributed by atoms with E-state index >= 15 is 0 Å². The van der Waals surface area contributed by atoms with Crippen LogP contribution >= 0.6 is 0 Å². The smallest absolute Gasteiger partial charge is 0.238 e. The molecule has 1 heterocycles. The molecule has 0 radical (unpaired) electrons. The van der Waals surface area contributed by atoms with Crippen LogP contribution in [0.4, 0.5) is 0 Å². The van der Waals surface area contributed by atoms with Gasteiger partial charge in [-0.1, -0.05) is 0 Å². The van der Waals surface area contributed by atoms with Gasteiger partial charge in [0.25, 0.3) is 0 Å². The maximum atomic E-state index is 13.5. The van der Waals surface area contributed by atoms with Crippen molar-refractivity contribution >= 4 is 15.8 Å². The Hall–Kier alpha value is -3.14. The minimum absolute atomic E-state index is 0.0410. The number of hydrogen-bond acceptors (Lipinski definition) is 6. The fourth-order valence-corrected chi connectivity index (χ4v) is 4.99. The lowest BCUT2D eigenvalue weighted by atomic mass is 10.1. The molecule has 4 rings (SSSR count). The first-order valence-electron chi connectivity index (χ1n) is 11.4. The highest BCUT2D eigenvalue weighted by Gasteiger charge is 2.32. The molecule has 2 aromatic carbocycles. The predicted octanol–water partition coefficient (Wildman–Crippen LogP) is 3.61. The Labute approximate surface area is 206 Å². The van der Waals surface area contributed by atoms with Crippen molar-refractivity contribution in [2.24, 2.45) is 5.14 Å². The van der Waals surface area contributed by atoms with Crippen LogP contribution in [-0.2, 0) is 16.6 Å². The van der Waals surface area contributed by atoms with Crippen LogP contribution in [0.5, 0.6) is 11.5 Å². The number of ether oxygens (including phenoxy) is 2. The average molecular weight is 498 g/mol. The molecule has 0 atom stereocenters. The molecule has 9 heteroatoms. The summed E-state index contributed by atoms with van der Waals surface area (Å²) in [5.41, 5.74) is 4.10. The van der Waals surface area contributed by atoms with Gasteiger partial charge in [0.05, 0.1) is 25.7 Å². The van der Waals surface area contributed by atoms with Crippen molar-refractivity contribution in [3.8, 4) is 17.2 Å². The van der Waals surface area contributed by atoms with Gasteiger partial charge in [-0.15, -0.1) is 0 Å². The number of Topliss-reactive ketones (excluding diaryl/α,β-unsaturated/α-hetero) is 1. The zero-order chi connectivity index (χ0) is 25.3. The molecule has 0 spiro atoms. The van der Waals surface area contributed by atoms with E-state index in [1.807, 2.05) is 42.7 Å². The summed E-state index contributed by atoms with van der Waals surface area (Å²) in [4.78, 5) is 15.7. The molecule has 1 fully saturated rings. The van der Waals surface area contributed by atoms with Gasteiger partial charge in [-0.25, -0.2) is 13.6 Å². The van der Waals surface area contributed by atoms with Crippen molar-refractivity contribution in [1.82, 2.24) is 9.47 Å². The van der Waals surface area contributed by atoms with Crippen LogP contribution in [0, 0.1) is 13.8 Å². The van der Waals surface area contributed by atoms with Crippen molar-refractivity contribution in [3.05, 3.63) is 71.0 Å². The van der Waals surface area contributed by atoms with Crippen LogP contribution in [-0.4, -0.2) is 50.5 Å². The lowest BCUT2D eigenvalue weighted by Gasteiger charge is -2.23. The van der Waals surface area contributed by atoms with Crippen LogP contribution in [0.1, 0.15) is 40.2 Å². The van der Waals surface area contributed by atoms with Crippen LogP contribution in [0.3, 0.4) is 0 Å². The number of rotatable bonds is 10. The summed E-state index contributed by atoms with van der Waals surface area (Å²) in [5, 5.41) is 5.22. The largest absolute Gasteiger partial charge is 0.497 e. The van der Waals surface area contributed by atoms with E-state index in [1.165, 1.54) is 12.1 Å². The van der Waals surface area contributed by atoms with Crippen molar-refractivity contribution in [1.29, 1.82) is 0 Å². The van der Waals surface area contributed by atoms with Gasteiger partial charge in [-0.05, 0) is 75.2 Å². The minimum atomic E-state index is -3.77. The number of ketones is 1. The second-order valence-corrected chi connectivity index (χ2v) is 10.5. The Balaban J connectivity index is 1.58. The van der Waals surface area contributed by atoms with Gasteiger partial charge in [0.1, 0.15) is 11.5 Å². The average Bonchev–Trinajstić information content (AvgIpc) is 3.63. The molecule has 8 nitrogen and oxygen atoms in total. The number of nitrogens with zero attached hydrogens (tertiary/aromatic N) is 2. The van der Waals surface area contributed by atoms with E-state index in [9.17, 15) is 13.2 Å². The monoisotopic (exact) mass is 497 g/mol. The quantitative estimate of drug-likeness (QED) is 0.429. The number of carbonyl (C=O) groups is 1. The second-order valence-electron chi connectivity index (χ2n) is 8.90. The second kappa shape index (κ2) is 9.85. The maximum Gasteiger partial charge on any atom is 0.238 e. The number of nitrogens with two attached hydrogens (primary N) is 1. The van der Waals surface area contributed by atoms with Crippen molar-refractivity contribution in [2.75, 3.05) is 20.8 Å². The molecule has 0 unspecified atom stereocenters. The molecule has 1 aliphatic carbocycles. The molecule has 1 aliphatic rings. The molecule has 0 aliphatic heterocycles. The summed E-state index contributed by atoms with van der Waals surface area (Å²) in [7, 11) is -0.495. The summed E-state index contributed by atoms with van der Waals surface area (Å²) >= 11 is 0. The molecular weight excluding hydrogens is 466 g/mol. The number of methoxy groups -OCH3 is 2. The van der Waals surface area contributed by atoms with Gasteiger partial charge in [-0.2, -0.15) is 0 Å². The molecular formula is C26H31N3O5S. The lowest BCUT2D eigenvalue weighted by molar-refractivity contribution is 0.0917. The Morgan fingerprint density at radius 2 is 1.74 bits per heavy atom. The van der Waals surface area contributed by atoms with E-state index in [-0.39, 0.29) is 10.7 Å². The topological polar surface area (TPSA) is 104 Å². The number of aryl methyl sites for hydroxylation is 1.